The standard InChI is InChI=1S/C28H34N2O3S/c1-6-21-17-28(18-22(21)7-2,30-26(32)33-27(3,4)5)25(31)29-23-13-15-24(16-14-23)34-19-20-11-9-8-10-12-20/h6-7,9,11-16H,1-2,8,10,17-19H2,3-5H3,(H,29,31)(H,30,32). The highest BCUT2D eigenvalue weighted by Gasteiger charge is 2.46. The molecular formula is C28H34N2O3S. The van der Waals surface area contributed by atoms with Gasteiger partial charge in [-0.1, -0.05) is 43.5 Å². The van der Waals surface area contributed by atoms with Gasteiger partial charge < -0.3 is 15.4 Å². The lowest BCUT2D eigenvalue weighted by molar-refractivity contribution is -0.122. The second kappa shape index (κ2) is 11.0. The highest BCUT2D eigenvalue weighted by Crippen LogP contribution is 2.37. The number of amides is 2. The fourth-order valence-electron chi connectivity index (χ4n) is 3.98. The van der Waals surface area contributed by atoms with Gasteiger partial charge in [0.25, 0.3) is 5.91 Å². The minimum atomic E-state index is -1.18. The SMILES string of the molecule is C=CC1=C(C=C)CC(NC(=O)OC(C)(C)C)(C(=O)Nc2ccc(SCC3=CCCC=C3)cc2)C1. The Hall–Kier alpha value is -2.99. The van der Waals surface area contributed by atoms with Crippen LogP contribution in [0.5, 0.6) is 0 Å². The molecule has 2 aliphatic carbocycles. The van der Waals surface area contributed by atoms with E-state index in [1.165, 1.54) is 5.57 Å². The second-order valence-electron chi connectivity index (χ2n) is 9.55. The molecule has 0 bridgehead atoms. The molecule has 0 spiro atoms. The van der Waals surface area contributed by atoms with Gasteiger partial charge in [0.1, 0.15) is 11.1 Å². The summed E-state index contributed by atoms with van der Waals surface area (Å²) in [5.41, 5.74) is 1.94. The van der Waals surface area contributed by atoms with Crippen molar-refractivity contribution in [3.05, 3.63) is 84.5 Å². The van der Waals surface area contributed by atoms with Crippen LogP contribution in [0.3, 0.4) is 0 Å². The molecule has 0 atom stereocenters. The Kier molecular flexibility index (Phi) is 8.26. The van der Waals surface area contributed by atoms with Gasteiger partial charge >= 0.3 is 6.09 Å². The van der Waals surface area contributed by atoms with Crippen molar-refractivity contribution >= 4 is 29.4 Å². The number of thioether (sulfide) groups is 1. The fourth-order valence-corrected chi connectivity index (χ4v) is 4.85. The van der Waals surface area contributed by atoms with E-state index in [0.717, 1.165) is 34.6 Å². The van der Waals surface area contributed by atoms with Crippen LogP contribution >= 0.6 is 11.8 Å². The molecule has 2 amide bonds. The van der Waals surface area contributed by atoms with Crippen molar-refractivity contribution in [3.8, 4) is 0 Å². The Labute approximate surface area is 207 Å². The van der Waals surface area contributed by atoms with Crippen molar-refractivity contribution in [3.63, 3.8) is 0 Å². The van der Waals surface area contributed by atoms with E-state index >= 15 is 0 Å². The summed E-state index contributed by atoms with van der Waals surface area (Å²) in [6.45, 7) is 13.1. The summed E-state index contributed by atoms with van der Waals surface area (Å²) >= 11 is 1.76. The molecule has 0 aliphatic heterocycles. The van der Waals surface area contributed by atoms with Gasteiger partial charge in [0.2, 0.25) is 0 Å². The van der Waals surface area contributed by atoms with E-state index in [2.05, 4.69) is 42.0 Å². The second-order valence-corrected chi connectivity index (χ2v) is 10.6. The van der Waals surface area contributed by atoms with Crippen LogP contribution < -0.4 is 10.6 Å². The van der Waals surface area contributed by atoms with E-state index in [0.29, 0.717) is 18.5 Å². The lowest BCUT2D eigenvalue weighted by Gasteiger charge is -2.31. The first-order valence-electron chi connectivity index (χ1n) is 11.5. The van der Waals surface area contributed by atoms with Crippen LogP contribution in [0.2, 0.25) is 0 Å². The molecular weight excluding hydrogens is 444 g/mol. The van der Waals surface area contributed by atoms with Gasteiger partial charge in [-0.3, -0.25) is 4.79 Å². The summed E-state index contributed by atoms with van der Waals surface area (Å²) in [4.78, 5) is 27.2. The number of carbonyl (C=O) groups excluding carboxylic acids is 2. The Morgan fingerprint density at radius 3 is 2.26 bits per heavy atom. The minimum Gasteiger partial charge on any atom is -0.444 e. The van der Waals surface area contributed by atoms with Crippen molar-refractivity contribution in [2.24, 2.45) is 0 Å². The smallest absolute Gasteiger partial charge is 0.408 e. The Morgan fingerprint density at radius 1 is 1.09 bits per heavy atom. The molecule has 1 aromatic rings. The Bertz CT molecular complexity index is 1020. The molecule has 0 radical (unpaired) electrons. The molecule has 34 heavy (non-hydrogen) atoms. The first kappa shape index (κ1) is 25.6. The van der Waals surface area contributed by atoms with Gasteiger partial charge in [-0.15, -0.1) is 11.8 Å². The van der Waals surface area contributed by atoms with Crippen LogP contribution in [0.4, 0.5) is 10.5 Å². The van der Waals surface area contributed by atoms with Crippen molar-refractivity contribution in [1.29, 1.82) is 0 Å². The van der Waals surface area contributed by atoms with Gasteiger partial charge in [-0.25, -0.2) is 4.79 Å². The quantitative estimate of drug-likeness (QED) is 0.407. The maximum absolute atomic E-state index is 13.5. The highest BCUT2D eigenvalue weighted by atomic mass is 32.2. The normalized spacial score (nSPS) is 17.1. The van der Waals surface area contributed by atoms with Gasteiger partial charge in [-0.05, 0) is 74.6 Å². The predicted octanol–water partition coefficient (Wildman–Crippen LogP) is 6.72. The number of ether oxygens (including phenoxy) is 1. The molecule has 5 nitrogen and oxygen atoms in total. The zero-order chi connectivity index (χ0) is 24.8. The van der Waals surface area contributed by atoms with Crippen LogP contribution in [-0.2, 0) is 9.53 Å². The molecule has 1 aromatic carbocycles. The van der Waals surface area contributed by atoms with Crippen LogP contribution in [0.1, 0.15) is 46.5 Å². The molecule has 2 N–H and O–H groups in total. The number of anilines is 1. The third-order valence-corrected chi connectivity index (χ3v) is 6.74. The minimum absolute atomic E-state index is 0.299. The third kappa shape index (κ3) is 6.76. The van der Waals surface area contributed by atoms with Crippen molar-refractivity contribution in [1.82, 2.24) is 5.32 Å². The maximum Gasteiger partial charge on any atom is 0.408 e. The van der Waals surface area contributed by atoms with E-state index in [-0.39, 0.29) is 5.91 Å². The number of hydrogen-bond donors (Lipinski definition) is 2. The van der Waals surface area contributed by atoms with E-state index in [1.54, 1.807) is 44.7 Å². The number of hydrogen-bond acceptors (Lipinski definition) is 4. The lowest BCUT2D eigenvalue weighted by Crippen LogP contribution is -2.56. The summed E-state index contributed by atoms with van der Waals surface area (Å²) < 4.78 is 5.44. The van der Waals surface area contributed by atoms with Gasteiger partial charge in [0, 0.05) is 29.2 Å². The van der Waals surface area contributed by atoms with Gasteiger partial charge in [0.05, 0.1) is 0 Å². The summed E-state index contributed by atoms with van der Waals surface area (Å²) in [7, 11) is 0. The maximum atomic E-state index is 13.5. The summed E-state index contributed by atoms with van der Waals surface area (Å²) in [5.74, 6) is 0.623. The number of benzene rings is 1. The molecule has 0 saturated carbocycles. The Morgan fingerprint density at radius 2 is 1.74 bits per heavy atom. The van der Waals surface area contributed by atoms with Gasteiger partial charge in [-0.2, -0.15) is 0 Å². The zero-order valence-electron chi connectivity index (χ0n) is 20.3. The van der Waals surface area contributed by atoms with Crippen molar-refractivity contribution in [2.75, 3.05) is 11.1 Å². The van der Waals surface area contributed by atoms with E-state index < -0.39 is 17.2 Å². The monoisotopic (exact) mass is 478 g/mol. The van der Waals surface area contributed by atoms with Crippen LogP contribution in [-0.4, -0.2) is 28.9 Å². The highest BCUT2D eigenvalue weighted by molar-refractivity contribution is 7.99. The van der Waals surface area contributed by atoms with Crippen molar-refractivity contribution in [2.45, 2.75) is 62.5 Å². The summed E-state index contributed by atoms with van der Waals surface area (Å²) in [5, 5.41) is 5.82. The van der Waals surface area contributed by atoms with E-state index in [1.807, 2.05) is 24.3 Å². The first-order chi connectivity index (χ1) is 16.1. The molecule has 6 heteroatoms. The summed E-state index contributed by atoms with van der Waals surface area (Å²) in [6.07, 6.45) is 12.3. The number of alkyl carbamates (subject to hydrolysis) is 1. The third-order valence-electron chi connectivity index (χ3n) is 5.65. The predicted molar refractivity (Wildman–Crippen MR) is 141 cm³/mol. The molecule has 180 valence electrons. The van der Waals surface area contributed by atoms with Crippen LogP contribution in [0.25, 0.3) is 0 Å². The molecule has 0 heterocycles. The molecule has 3 rings (SSSR count). The van der Waals surface area contributed by atoms with Gasteiger partial charge in [0.15, 0.2) is 0 Å². The van der Waals surface area contributed by atoms with E-state index in [4.69, 9.17) is 4.74 Å². The topological polar surface area (TPSA) is 67.4 Å². The lowest BCUT2D eigenvalue weighted by atomic mass is 9.92. The molecule has 0 saturated heterocycles. The molecule has 0 aromatic heterocycles. The van der Waals surface area contributed by atoms with Crippen LogP contribution in [0, 0.1) is 0 Å². The number of nitrogens with one attached hydrogen (secondary N) is 2. The van der Waals surface area contributed by atoms with E-state index in [9.17, 15) is 9.59 Å². The molecule has 0 unspecified atom stereocenters. The van der Waals surface area contributed by atoms with Crippen molar-refractivity contribution < 1.29 is 14.3 Å². The number of allylic oxidation sites excluding steroid dienone is 5. The molecule has 2 aliphatic rings. The average molecular weight is 479 g/mol. The molecule has 0 fully saturated rings. The summed E-state index contributed by atoms with van der Waals surface area (Å²) in [6, 6.07) is 7.77. The first-order valence-corrected chi connectivity index (χ1v) is 12.5. The van der Waals surface area contributed by atoms with Crippen LogP contribution in [0.15, 0.2) is 89.4 Å². The Balaban J connectivity index is 1.70. The largest absolute Gasteiger partial charge is 0.444 e. The number of rotatable bonds is 8. The average Bonchev–Trinajstić information content (AvgIpc) is 3.17. The number of carbonyl (C=O) groups is 2. The fraction of sp³-hybridized carbons (Fsp3) is 0.357. The zero-order valence-corrected chi connectivity index (χ0v) is 21.1.